The number of nitrogens with zero attached hydrogens (tertiary/aromatic N) is 5. The first-order valence-corrected chi connectivity index (χ1v) is 6.83. The van der Waals surface area contributed by atoms with Gasteiger partial charge in [0, 0.05) is 33.2 Å². The summed E-state index contributed by atoms with van der Waals surface area (Å²) < 4.78 is 0. The van der Waals surface area contributed by atoms with Gasteiger partial charge >= 0.3 is 0 Å². The summed E-state index contributed by atoms with van der Waals surface area (Å²) in [6, 6.07) is 0. The molecule has 0 radical (unpaired) electrons. The third-order valence-electron chi connectivity index (χ3n) is 3.26. The van der Waals surface area contributed by atoms with Crippen molar-refractivity contribution in [1.29, 1.82) is 0 Å². The minimum atomic E-state index is 0.0907. The zero-order chi connectivity index (χ0) is 13.7. The Hall–Kier alpha value is -1.63. The van der Waals surface area contributed by atoms with Crippen molar-refractivity contribution in [3.63, 3.8) is 0 Å². The van der Waals surface area contributed by atoms with E-state index in [2.05, 4.69) is 25.2 Å². The van der Waals surface area contributed by atoms with E-state index < -0.39 is 0 Å². The number of hydrogen-bond acceptors (Lipinski definition) is 7. The molecule has 2 heterocycles. The van der Waals surface area contributed by atoms with E-state index in [0.717, 1.165) is 25.6 Å². The normalized spacial score (nSPS) is 14.8. The molecular weight excluding hydrogens is 244 g/mol. The van der Waals surface area contributed by atoms with Gasteiger partial charge in [0.25, 0.3) is 0 Å². The average molecular weight is 266 g/mol. The van der Waals surface area contributed by atoms with Gasteiger partial charge in [0.1, 0.15) is 0 Å². The molecular formula is C12H22N6O. The Balaban J connectivity index is 2.28. The maximum Gasteiger partial charge on any atom is 0.232 e. The van der Waals surface area contributed by atoms with E-state index in [0.29, 0.717) is 18.4 Å². The molecule has 0 atom stereocenters. The Morgan fingerprint density at radius 1 is 1.26 bits per heavy atom. The Kier molecular flexibility index (Phi) is 4.73. The monoisotopic (exact) mass is 266 g/mol. The van der Waals surface area contributed by atoms with Crippen LogP contribution < -0.4 is 15.1 Å². The maximum atomic E-state index is 9.10. The lowest BCUT2D eigenvalue weighted by Crippen LogP contribution is -2.30. The fourth-order valence-electron chi connectivity index (χ4n) is 2.19. The van der Waals surface area contributed by atoms with E-state index in [4.69, 9.17) is 5.11 Å². The summed E-state index contributed by atoms with van der Waals surface area (Å²) in [5.74, 6) is 1.92. The molecule has 0 saturated carbocycles. The predicted octanol–water partition coefficient (Wildman–Crippen LogP) is 0.332. The highest BCUT2D eigenvalue weighted by atomic mass is 16.3. The first-order chi connectivity index (χ1) is 9.28. The Bertz CT molecular complexity index is 407. The first kappa shape index (κ1) is 13.8. The molecule has 0 bridgehead atoms. The van der Waals surface area contributed by atoms with Crippen molar-refractivity contribution >= 4 is 17.8 Å². The molecule has 2 rings (SSSR count). The molecule has 0 aromatic carbocycles. The first-order valence-electron chi connectivity index (χ1n) is 6.83. The summed E-state index contributed by atoms with van der Waals surface area (Å²) >= 11 is 0. The Labute approximate surface area is 113 Å². The topological polar surface area (TPSA) is 77.4 Å². The van der Waals surface area contributed by atoms with Crippen LogP contribution in [0, 0.1) is 0 Å². The molecule has 2 N–H and O–H groups in total. The lowest BCUT2D eigenvalue weighted by atomic mass is 10.4. The SMILES string of the molecule is CCN(CCO)c1nc(NC)nc(N2CCCC2)n1. The molecule has 1 saturated heterocycles. The van der Waals surface area contributed by atoms with Crippen molar-refractivity contribution in [3.8, 4) is 0 Å². The third kappa shape index (κ3) is 3.23. The number of aliphatic hydroxyl groups is 1. The van der Waals surface area contributed by atoms with Gasteiger partial charge in [0.05, 0.1) is 6.61 Å². The lowest BCUT2D eigenvalue weighted by Gasteiger charge is -2.22. The second-order valence-corrected chi connectivity index (χ2v) is 4.51. The standard InChI is InChI=1S/C12H22N6O/c1-3-17(8-9-19)11-14-10(13-2)15-12(16-11)18-6-4-5-7-18/h19H,3-9H2,1-2H3,(H,13,14,15,16). The van der Waals surface area contributed by atoms with E-state index >= 15 is 0 Å². The van der Waals surface area contributed by atoms with E-state index in [-0.39, 0.29) is 6.61 Å². The summed E-state index contributed by atoms with van der Waals surface area (Å²) in [7, 11) is 1.80. The van der Waals surface area contributed by atoms with E-state index in [1.165, 1.54) is 12.8 Å². The zero-order valence-electron chi connectivity index (χ0n) is 11.6. The summed E-state index contributed by atoms with van der Waals surface area (Å²) in [6.45, 7) is 5.40. The number of nitrogens with one attached hydrogen (secondary N) is 1. The smallest absolute Gasteiger partial charge is 0.232 e. The van der Waals surface area contributed by atoms with Gasteiger partial charge in [-0.05, 0) is 19.8 Å². The highest BCUT2D eigenvalue weighted by molar-refractivity contribution is 5.45. The van der Waals surface area contributed by atoms with Crippen LogP contribution >= 0.6 is 0 Å². The Morgan fingerprint density at radius 2 is 2.00 bits per heavy atom. The van der Waals surface area contributed by atoms with Crippen LogP contribution in [-0.4, -0.2) is 59.9 Å². The van der Waals surface area contributed by atoms with Gasteiger partial charge in [-0.2, -0.15) is 15.0 Å². The van der Waals surface area contributed by atoms with Gasteiger partial charge in [-0.3, -0.25) is 0 Å². The molecule has 1 aromatic heterocycles. The highest BCUT2D eigenvalue weighted by Crippen LogP contribution is 2.20. The minimum absolute atomic E-state index is 0.0907. The molecule has 1 aromatic rings. The molecule has 0 aliphatic carbocycles. The largest absolute Gasteiger partial charge is 0.395 e. The third-order valence-corrected chi connectivity index (χ3v) is 3.26. The number of rotatable bonds is 6. The van der Waals surface area contributed by atoms with Crippen LogP contribution in [0.1, 0.15) is 19.8 Å². The number of aliphatic hydroxyl groups excluding tert-OH is 1. The van der Waals surface area contributed by atoms with E-state index in [9.17, 15) is 0 Å². The summed E-state index contributed by atoms with van der Waals surface area (Å²) in [6.07, 6.45) is 2.37. The second-order valence-electron chi connectivity index (χ2n) is 4.51. The van der Waals surface area contributed by atoms with Gasteiger partial charge in [0.15, 0.2) is 0 Å². The lowest BCUT2D eigenvalue weighted by molar-refractivity contribution is 0.301. The van der Waals surface area contributed by atoms with Crippen LogP contribution in [0.4, 0.5) is 17.8 Å². The van der Waals surface area contributed by atoms with Gasteiger partial charge in [0.2, 0.25) is 17.8 Å². The van der Waals surface area contributed by atoms with Crippen molar-refractivity contribution in [3.05, 3.63) is 0 Å². The maximum absolute atomic E-state index is 9.10. The molecule has 7 heteroatoms. The molecule has 0 unspecified atom stereocenters. The fourth-order valence-corrected chi connectivity index (χ4v) is 2.19. The number of hydrogen-bond donors (Lipinski definition) is 2. The van der Waals surface area contributed by atoms with Crippen molar-refractivity contribution in [2.24, 2.45) is 0 Å². The average Bonchev–Trinajstić information content (AvgIpc) is 2.98. The zero-order valence-corrected chi connectivity index (χ0v) is 11.6. The molecule has 19 heavy (non-hydrogen) atoms. The van der Waals surface area contributed by atoms with Crippen LogP contribution in [0.5, 0.6) is 0 Å². The number of aromatic nitrogens is 3. The van der Waals surface area contributed by atoms with E-state index in [1.807, 2.05) is 11.8 Å². The summed E-state index contributed by atoms with van der Waals surface area (Å²) in [5.41, 5.74) is 0. The van der Waals surface area contributed by atoms with Crippen LogP contribution in [0.15, 0.2) is 0 Å². The molecule has 1 aliphatic heterocycles. The van der Waals surface area contributed by atoms with Crippen LogP contribution in [0.2, 0.25) is 0 Å². The van der Waals surface area contributed by atoms with Crippen LogP contribution in [0.3, 0.4) is 0 Å². The molecule has 106 valence electrons. The Morgan fingerprint density at radius 3 is 2.58 bits per heavy atom. The quantitative estimate of drug-likeness (QED) is 0.768. The molecule has 1 fully saturated rings. The highest BCUT2D eigenvalue weighted by Gasteiger charge is 2.18. The van der Waals surface area contributed by atoms with Crippen molar-refractivity contribution in [2.75, 3.05) is 55.0 Å². The van der Waals surface area contributed by atoms with Gasteiger partial charge in [-0.15, -0.1) is 0 Å². The van der Waals surface area contributed by atoms with Crippen molar-refractivity contribution in [1.82, 2.24) is 15.0 Å². The fraction of sp³-hybridized carbons (Fsp3) is 0.750. The van der Waals surface area contributed by atoms with Crippen molar-refractivity contribution < 1.29 is 5.11 Å². The van der Waals surface area contributed by atoms with E-state index in [1.54, 1.807) is 7.05 Å². The second kappa shape index (κ2) is 6.51. The summed E-state index contributed by atoms with van der Waals surface area (Å²) in [5, 5.41) is 12.1. The molecule has 0 amide bonds. The molecule has 7 nitrogen and oxygen atoms in total. The predicted molar refractivity (Wildman–Crippen MR) is 75.8 cm³/mol. The minimum Gasteiger partial charge on any atom is -0.395 e. The molecule has 0 spiro atoms. The van der Waals surface area contributed by atoms with Crippen LogP contribution in [-0.2, 0) is 0 Å². The van der Waals surface area contributed by atoms with Crippen molar-refractivity contribution in [2.45, 2.75) is 19.8 Å². The van der Waals surface area contributed by atoms with Crippen LogP contribution in [0.25, 0.3) is 0 Å². The molecule has 1 aliphatic rings. The van der Waals surface area contributed by atoms with Gasteiger partial charge in [-0.1, -0.05) is 0 Å². The number of likely N-dealkylation sites (N-methyl/N-ethyl adjacent to an activating group) is 1. The van der Waals surface area contributed by atoms with Gasteiger partial charge in [-0.25, -0.2) is 0 Å². The number of anilines is 3. The van der Waals surface area contributed by atoms with Gasteiger partial charge < -0.3 is 20.2 Å². The summed E-state index contributed by atoms with van der Waals surface area (Å²) in [4.78, 5) is 17.4.